The monoisotopic (exact) mass is 233 g/mol. The third-order valence-electron chi connectivity index (χ3n) is 2.16. The van der Waals surface area contributed by atoms with Crippen molar-refractivity contribution < 1.29 is 4.79 Å². The summed E-state index contributed by atoms with van der Waals surface area (Å²) in [6.45, 7) is 4.29. The van der Waals surface area contributed by atoms with Crippen LogP contribution >= 0.6 is 12.4 Å². The fourth-order valence-electron chi connectivity index (χ4n) is 1.35. The minimum atomic E-state index is 0. The Labute approximate surface area is 97.7 Å². The lowest BCUT2D eigenvalue weighted by atomic mass is 10.3. The van der Waals surface area contributed by atoms with Gasteiger partial charge in [0.25, 0.3) is 0 Å². The van der Waals surface area contributed by atoms with Crippen LogP contribution in [0.25, 0.3) is 0 Å². The number of amides is 1. The minimum Gasteiger partial charge on any atom is -0.337 e. The highest BCUT2D eigenvalue weighted by Crippen LogP contribution is 1.94. The van der Waals surface area contributed by atoms with E-state index < -0.39 is 0 Å². The lowest BCUT2D eigenvalue weighted by molar-refractivity contribution is -0.126. The maximum atomic E-state index is 11.6. The zero-order valence-corrected chi connectivity index (χ0v) is 10.2. The Hall–Kier alpha value is -0.580. The Morgan fingerprint density at radius 1 is 1.40 bits per heavy atom. The number of likely N-dealkylation sites (N-methyl/N-ethyl adjacent to an activating group) is 1. The topological polar surface area (TPSA) is 35.6 Å². The molecule has 1 heterocycles. The molecule has 0 bridgehead atoms. The van der Waals surface area contributed by atoms with Crippen molar-refractivity contribution in [2.45, 2.75) is 0 Å². The average molecular weight is 234 g/mol. The van der Waals surface area contributed by atoms with Gasteiger partial charge in [-0.25, -0.2) is 0 Å². The number of piperazine rings is 1. The van der Waals surface area contributed by atoms with Crippen molar-refractivity contribution in [2.75, 3.05) is 46.8 Å². The number of hydrogen-bond donors (Lipinski definition) is 1. The second-order valence-corrected chi connectivity index (χ2v) is 3.74. The summed E-state index contributed by atoms with van der Waals surface area (Å²) in [5.74, 6) is 0.133. The minimum absolute atomic E-state index is 0. The van der Waals surface area contributed by atoms with Gasteiger partial charge in [-0.3, -0.25) is 4.79 Å². The first kappa shape index (κ1) is 14.4. The zero-order valence-electron chi connectivity index (χ0n) is 9.40. The summed E-state index contributed by atoms with van der Waals surface area (Å²) >= 11 is 0. The summed E-state index contributed by atoms with van der Waals surface area (Å²) in [5.41, 5.74) is 0. The number of nitrogens with zero attached hydrogens (tertiary/aromatic N) is 2. The number of carbonyl (C=O) groups excluding carboxylic acids is 1. The van der Waals surface area contributed by atoms with Gasteiger partial charge in [0.2, 0.25) is 5.91 Å². The van der Waals surface area contributed by atoms with Gasteiger partial charge >= 0.3 is 0 Å². The normalized spacial score (nSPS) is 16.9. The Morgan fingerprint density at radius 2 is 2.00 bits per heavy atom. The van der Waals surface area contributed by atoms with Crippen LogP contribution in [0, 0.1) is 0 Å². The van der Waals surface area contributed by atoms with E-state index in [2.05, 4.69) is 5.32 Å². The molecule has 0 aromatic rings. The van der Waals surface area contributed by atoms with E-state index in [1.165, 1.54) is 0 Å². The highest BCUT2D eigenvalue weighted by atomic mass is 35.5. The molecule has 1 rings (SSSR count). The first-order valence-electron chi connectivity index (χ1n) is 5.01. The summed E-state index contributed by atoms with van der Waals surface area (Å²) < 4.78 is 0. The smallest absolute Gasteiger partial charge is 0.246 e. The van der Waals surface area contributed by atoms with Crippen molar-refractivity contribution in [3.8, 4) is 0 Å². The van der Waals surface area contributed by atoms with Crippen LogP contribution in [0.15, 0.2) is 12.2 Å². The van der Waals surface area contributed by atoms with Gasteiger partial charge in [-0.2, -0.15) is 0 Å². The largest absolute Gasteiger partial charge is 0.337 e. The van der Waals surface area contributed by atoms with E-state index >= 15 is 0 Å². The lowest BCUT2D eigenvalue weighted by Gasteiger charge is -2.26. The van der Waals surface area contributed by atoms with Crippen LogP contribution in [-0.4, -0.2) is 62.5 Å². The van der Waals surface area contributed by atoms with E-state index in [1.807, 2.05) is 30.0 Å². The molecule has 0 spiro atoms. The molecule has 0 saturated carbocycles. The number of rotatable bonds is 3. The molecule has 0 radical (unpaired) electrons. The van der Waals surface area contributed by atoms with Gasteiger partial charge in [0.1, 0.15) is 0 Å². The molecule has 4 nitrogen and oxygen atoms in total. The Balaban J connectivity index is 0.00000196. The van der Waals surface area contributed by atoms with Crippen LogP contribution in [0.3, 0.4) is 0 Å². The second kappa shape index (κ2) is 7.68. The predicted octanol–water partition coefficient (Wildman–Crippen LogP) is -0.0422. The fourth-order valence-corrected chi connectivity index (χ4v) is 1.35. The summed E-state index contributed by atoms with van der Waals surface area (Å²) in [7, 11) is 3.97. The fraction of sp³-hybridized carbons (Fsp3) is 0.700. The third-order valence-corrected chi connectivity index (χ3v) is 2.16. The highest BCUT2D eigenvalue weighted by Gasteiger charge is 2.12. The number of hydrogen-bond acceptors (Lipinski definition) is 3. The quantitative estimate of drug-likeness (QED) is 0.695. The standard InChI is InChI=1S/C10H19N3O.ClH/c1-12(2)7-3-4-10(14)13-8-5-11-6-9-13;/h3-4,11H,5-9H2,1-2H3;1H/b4-3+;. The van der Waals surface area contributed by atoms with Gasteiger partial charge in [0, 0.05) is 38.8 Å². The number of nitrogens with one attached hydrogen (secondary N) is 1. The molecule has 15 heavy (non-hydrogen) atoms. The van der Waals surface area contributed by atoms with Crippen molar-refractivity contribution in [3.05, 3.63) is 12.2 Å². The molecule has 5 heteroatoms. The van der Waals surface area contributed by atoms with Gasteiger partial charge in [-0.05, 0) is 14.1 Å². The van der Waals surface area contributed by atoms with Crippen molar-refractivity contribution in [3.63, 3.8) is 0 Å². The molecule has 88 valence electrons. The maximum absolute atomic E-state index is 11.6. The predicted molar refractivity (Wildman–Crippen MR) is 64.4 cm³/mol. The molecule has 1 N–H and O–H groups in total. The van der Waals surface area contributed by atoms with Gasteiger partial charge in [0.15, 0.2) is 0 Å². The molecule has 0 unspecified atom stereocenters. The summed E-state index contributed by atoms with van der Waals surface area (Å²) in [6, 6.07) is 0. The molecular formula is C10H20ClN3O. The van der Waals surface area contributed by atoms with Gasteiger partial charge in [0.05, 0.1) is 0 Å². The van der Waals surface area contributed by atoms with Gasteiger partial charge in [-0.15, -0.1) is 12.4 Å². The van der Waals surface area contributed by atoms with Crippen molar-refractivity contribution in [2.24, 2.45) is 0 Å². The SMILES string of the molecule is CN(C)C/C=C/C(=O)N1CCNCC1.Cl. The molecule has 0 aromatic carbocycles. The second-order valence-electron chi connectivity index (χ2n) is 3.74. The van der Waals surface area contributed by atoms with E-state index in [-0.39, 0.29) is 18.3 Å². The molecule has 0 aliphatic carbocycles. The van der Waals surface area contributed by atoms with Crippen molar-refractivity contribution >= 4 is 18.3 Å². The Morgan fingerprint density at radius 3 is 2.53 bits per heavy atom. The Kier molecular flexibility index (Phi) is 7.38. The van der Waals surface area contributed by atoms with Crippen LogP contribution in [-0.2, 0) is 4.79 Å². The lowest BCUT2D eigenvalue weighted by Crippen LogP contribution is -2.45. The van der Waals surface area contributed by atoms with Crippen LogP contribution in [0.2, 0.25) is 0 Å². The molecule has 1 fully saturated rings. The van der Waals surface area contributed by atoms with E-state index in [9.17, 15) is 4.79 Å². The maximum Gasteiger partial charge on any atom is 0.246 e. The van der Waals surface area contributed by atoms with Crippen molar-refractivity contribution in [1.29, 1.82) is 0 Å². The molecule has 1 aliphatic heterocycles. The summed E-state index contributed by atoms with van der Waals surface area (Å²) in [4.78, 5) is 15.5. The molecule has 1 aliphatic rings. The Bertz CT molecular complexity index is 213. The van der Waals surface area contributed by atoms with Crippen molar-refractivity contribution in [1.82, 2.24) is 15.1 Å². The summed E-state index contributed by atoms with van der Waals surface area (Å²) in [5, 5.41) is 3.22. The number of carbonyl (C=O) groups is 1. The first-order chi connectivity index (χ1) is 6.70. The molecule has 0 atom stereocenters. The molecule has 1 amide bonds. The number of halogens is 1. The average Bonchev–Trinajstić information content (AvgIpc) is 2.18. The van der Waals surface area contributed by atoms with Crippen LogP contribution in [0.5, 0.6) is 0 Å². The first-order valence-corrected chi connectivity index (χ1v) is 5.01. The zero-order chi connectivity index (χ0) is 10.4. The van der Waals surface area contributed by atoms with Crippen LogP contribution < -0.4 is 5.32 Å². The molecule has 0 aromatic heterocycles. The van der Waals surface area contributed by atoms with Crippen LogP contribution in [0.4, 0.5) is 0 Å². The van der Waals surface area contributed by atoms with E-state index in [1.54, 1.807) is 6.08 Å². The van der Waals surface area contributed by atoms with E-state index in [0.29, 0.717) is 0 Å². The summed E-state index contributed by atoms with van der Waals surface area (Å²) in [6.07, 6.45) is 3.58. The molecule has 1 saturated heterocycles. The molecular weight excluding hydrogens is 214 g/mol. The van der Waals surface area contributed by atoms with E-state index in [4.69, 9.17) is 0 Å². The van der Waals surface area contributed by atoms with Gasteiger partial charge < -0.3 is 15.1 Å². The van der Waals surface area contributed by atoms with Crippen LogP contribution in [0.1, 0.15) is 0 Å². The highest BCUT2D eigenvalue weighted by molar-refractivity contribution is 5.87. The van der Waals surface area contributed by atoms with Gasteiger partial charge in [-0.1, -0.05) is 6.08 Å². The third kappa shape index (κ3) is 5.77. The van der Waals surface area contributed by atoms with E-state index in [0.717, 1.165) is 32.7 Å².